The fourth-order valence-corrected chi connectivity index (χ4v) is 3.79. The molecule has 3 heterocycles. The average Bonchev–Trinajstić information content (AvgIpc) is 2.79. The number of hydrogen-bond acceptors (Lipinski definition) is 6. The number of nitrogens with two attached hydrogens (primary N) is 1. The lowest BCUT2D eigenvalue weighted by Crippen LogP contribution is -2.37. The Labute approximate surface area is 145 Å². The minimum absolute atomic E-state index is 0.124. The molecule has 1 fully saturated rings. The van der Waals surface area contributed by atoms with E-state index in [2.05, 4.69) is 19.6 Å². The van der Waals surface area contributed by atoms with Crippen molar-refractivity contribution in [2.75, 3.05) is 24.5 Å². The van der Waals surface area contributed by atoms with E-state index in [1.54, 1.807) is 18.7 Å². The van der Waals surface area contributed by atoms with E-state index in [0.29, 0.717) is 18.1 Å². The Bertz CT molecular complexity index is 926. The Balaban J connectivity index is 1.71. The van der Waals surface area contributed by atoms with Gasteiger partial charge in [0.15, 0.2) is 11.5 Å². The average molecular weight is 369 g/mol. The van der Waals surface area contributed by atoms with E-state index < -0.39 is 10.2 Å². The van der Waals surface area contributed by atoms with Crippen LogP contribution < -0.4 is 20.5 Å². The summed E-state index contributed by atoms with van der Waals surface area (Å²) in [5, 5.41) is 4.94. The van der Waals surface area contributed by atoms with Gasteiger partial charge in [0, 0.05) is 33.7 Å². The van der Waals surface area contributed by atoms with Gasteiger partial charge in [-0.25, -0.2) is 24.6 Å². The summed E-state index contributed by atoms with van der Waals surface area (Å²) in [7, 11) is -0.196. The molecule has 0 aliphatic carbocycles. The lowest BCUT2D eigenvalue weighted by molar-refractivity contribution is 0.381. The standard InChI is InChI=1S/C14H23N7O3S/c1-19-11-12(20(2)14(19)22)16-9-17-13(11)21-7-4-10(5-8-21)3-6-18-25(15,23)24/h9-10,18H,3-8H2,1-2H3,(H2,15,23,24). The molecule has 0 aromatic carbocycles. The maximum Gasteiger partial charge on any atom is 0.329 e. The molecule has 3 rings (SSSR count). The zero-order valence-corrected chi connectivity index (χ0v) is 15.2. The minimum Gasteiger partial charge on any atom is -0.355 e. The Kier molecular flexibility index (Phi) is 4.80. The highest BCUT2D eigenvalue weighted by Gasteiger charge is 2.24. The maximum absolute atomic E-state index is 12.1. The molecule has 1 saturated heterocycles. The molecule has 0 spiro atoms. The van der Waals surface area contributed by atoms with Crippen LogP contribution in [0.4, 0.5) is 5.82 Å². The molecule has 138 valence electrons. The highest BCUT2D eigenvalue weighted by molar-refractivity contribution is 7.87. The van der Waals surface area contributed by atoms with Gasteiger partial charge < -0.3 is 4.90 Å². The van der Waals surface area contributed by atoms with Crippen molar-refractivity contribution in [2.45, 2.75) is 19.3 Å². The van der Waals surface area contributed by atoms with Crippen molar-refractivity contribution >= 4 is 27.2 Å². The van der Waals surface area contributed by atoms with Crippen LogP contribution in [0.5, 0.6) is 0 Å². The number of rotatable bonds is 5. The predicted molar refractivity (Wildman–Crippen MR) is 94.4 cm³/mol. The van der Waals surface area contributed by atoms with Crippen LogP contribution in [0.3, 0.4) is 0 Å². The first-order valence-electron chi connectivity index (χ1n) is 8.16. The normalized spacial score (nSPS) is 16.7. The Morgan fingerprint density at radius 1 is 1.24 bits per heavy atom. The molecule has 11 heteroatoms. The van der Waals surface area contributed by atoms with E-state index in [1.165, 1.54) is 10.9 Å². The SMILES string of the molecule is Cn1c(=O)n(C)c2c(N3CCC(CCNS(N)(=O)=O)CC3)ncnc21. The molecule has 1 aliphatic rings. The van der Waals surface area contributed by atoms with Crippen molar-refractivity contribution in [1.29, 1.82) is 0 Å². The van der Waals surface area contributed by atoms with Gasteiger partial charge in [-0.1, -0.05) is 0 Å². The van der Waals surface area contributed by atoms with Gasteiger partial charge >= 0.3 is 5.69 Å². The van der Waals surface area contributed by atoms with Crippen LogP contribution >= 0.6 is 0 Å². The van der Waals surface area contributed by atoms with E-state index >= 15 is 0 Å². The molecule has 2 aromatic heterocycles. The van der Waals surface area contributed by atoms with Crippen molar-refractivity contribution in [3.8, 4) is 0 Å². The van der Waals surface area contributed by atoms with E-state index in [4.69, 9.17) is 5.14 Å². The molecule has 1 aliphatic heterocycles. The molecule has 0 amide bonds. The van der Waals surface area contributed by atoms with Crippen molar-refractivity contribution in [3.05, 3.63) is 16.8 Å². The van der Waals surface area contributed by atoms with E-state index in [-0.39, 0.29) is 5.69 Å². The van der Waals surface area contributed by atoms with Gasteiger partial charge in [-0.3, -0.25) is 9.13 Å². The summed E-state index contributed by atoms with van der Waals surface area (Å²) in [5.41, 5.74) is 1.24. The number of hydrogen-bond donors (Lipinski definition) is 2. The Hall–Kier alpha value is -1.98. The highest BCUT2D eigenvalue weighted by Crippen LogP contribution is 2.27. The van der Waals surface area contributed by atoms with Gasteiger partial charge in [0.2, 0.25) is 0 Å². The number of imidazole rings is 1. The fourth-order valence-electron chi connectivity index (χ4n) is 3.39. The van der Waals surface area contributed by atoms with Crippen LogP contribution in [-0.2, 0) is 24.3 Å². The molecule has 0 atom stereocenters. The number of piperidine rings is 1. The van der Waals surface area contributed by atoms with Crippen LogP contribution in [0.2, 0.25) is 0 Å². The lowest BCUT2D eigenvalue weighted by atomic mass is 9.93. The number of anilines is 1. The first-order chi connectivity index (χ1) is 11.8. The van der Waals surface area contributed by atoms with Crippen molar-refractivity contribution < 1.29 is 8.42 Å². The summed E-state index contributed by atoms with van der Waals surface area (Å²) in [4.78, 5) is 22.9. The molecule has 25 heavy (non-hydrogen) atoms. The third-order valence-electron chi connectivity index (χ3n) is 4.78. The largest absolute Gasteiger partial charge is 0.355 e. The van der Waals surface area contributed by atoms with Crippen molar-refractivity contribution in [1.82, 2.24) is 23.8 Å². The number of nitrogens with zero attached hydrogens (tertiary/aromatic N) is 5. The molecule has 0 unspecified atom stereocenters. The molecule has 0 saturated carbocycles. The highest BCUT2D eigenvalue weighted by atomic mass is 32.2. The topological polar surface area (TPSA) is 128 Å². The third kappa shape index (κ3) is 3.67. The second-order valence-electron chi connectivity index (χ2n) is 6.43. The molecule has 10 nitrogen and oxygen atoms in total. The minimum atomic E-state index is -3.62. The van der Waals surface area contributed by atoms with E-state index in [0.717, 1.165) is 43.7 Å². The summed E-state index contributed by atoms with van der Waals surface area (Å²) in [6.07, 6.45) is 4.10. The van der Waals surface area contributed by atoms with Gasteiger partial charge in [0.25, 0.3) is 10.2 Å². The Morgan fingerprint density at radius 3 is 2.56 bits per heavy atom. The molecular weight excluding hydrogens is 346 g/mol. The van der Waals surface area contributed by atoms with Gasteiger partial charge in [0.1, 0.15) is 11.8 Å². The van der Waals surface area contributed by atoms with Crippen LogP contribution in [0.15, 0.2) is 11.1 Å². The summed E-state index contributed by atoms with van der Waals surface area (Å²) >= 11 is 0. The summed E-state index contributed by atoms with van der Waals surface area (Å²) in [6, 6.07) is 0. The number of aromatic nitrogens is 4. The number of fused-ring (bicyclic) bond motifs is 1. The van der Waals surface area contributed by atoms with Gasteiger partial charge in [-0.2, -0.15) is 8.42 Å². The summed E-state index contributed by atoms with van der Waals surface area (Å²) in [5.74, 6) is 1.20. The number of nitrogens with one attached hydrogen (secondary N) is 1. The predicted octanol–water partition coefficient (Wildman–Crippen LogP) is -0.933. The first kappa shape index (κ1) is 17.8. The van der Waals surface area contributed by atoms with Crippen molar-refractivity contribution in [2.24, 2.45) is 25.2 Å². The smallest absolute Gasteiger partial charge is 0.329 e. The third-order valence-corrected chi connectivity index (χ3v) is 5.39. The fraction of sp³-hybridized carbons (Fsp3) is 0.643. The lowest BCUT2D eigenvalue weighted by Gasteiger charge is -2.33. The van der Waals surface area contributed by atoms with Crippen LogP contribution in [0, 0.1) is 5.92 Å². The molecule has 0 radical (unpaired) electrons. The van der Waals surface area contributed by atoms with Crippen LogP contribution in [0.1, 0.15) is 19.3 Å². The monoisotopic (exact) mass is 369 g/mol. The van der Waals surface area contributed by atoms with E-state index in [9.17, 15) is 13.2 Å². The molecular formula is C14H23N7O3S. The van der Waals surface area contributed by atoms with Gasteiger partial charge in [0.05, 0.1) is 0 Å². The molecule has 0 bridgehead atoms. The zero-order chi connectivity index (χ0) is 18.2. The Morgan fingerprint density at radius 2 is 1.92 bits per heavy atom. The first-order valence-corrected chi connectivity index (χ1v) is 9.71. The number of aryl methyl sites for hydroxylation is 2. The maximum atomic E-state index is 12.1. The summed E-state index contributed by atoms with van der Waals surface area (Å²) in [6.45, 7) is 1.96. The van der Waals surface area contributed by atoms with Crippen LogP contribution in [-0.4, -0.2) is 47.2 Å². The van der Waals surface area contributed by atoms with Crippen LogP contribution in [0.25, 0.3) is 11.2 Å². The van der Waals surface area contributed by atoms with Gasteiger partial charge in [-0.15, -0.1) is 0 Å². The second-order valence-corrected chi connectivity index (χ2v) is 7.81. The van der Waals surface area contributed by atoms with Crippen molar-refractivity contribution in [3.63, 3.8) is 0 Å². The quantitative estimate of drug-likeness (QED) is 0.700. The second kappa shape index (κ2) is 6.73. The zero-order valence-electron chi connectivity index (χ0n) is 14.3. The molecule has 2 aromatic rings. The van der Waals surface area contributed by atoms with Gasteiger partial charge in [-0.05, 0) is 25.2 Å². The van der Waals surface area contributed by atoms with E-state index in [1.807, 2.05) is 0 Å². The molecule has 3 N–H and O–H groups in total. The summed E-state index contributed by atoms with van der Waals surface area (Å²) < 4.78 is 27.2.